The van der Waals surface area contributed by atoms with Crippen LogP contribution in [0.3, 0.4) is 0 Å². The predicted octanol–water partition coefficient (Wildman–Crippen LogP) is 3.74. The average Bonchev–Trinajstić information content (AvgIpc) is 3.33. The summed E-state index contributed by atoms with van der Waals surface area (Å²) in [6.45, 7) is 1.85. The van der Waals surface area contributed by atoms with E-state index in [9.17, 15) is 4.79 Å². The predicted molar refractivity (Wildman–Crippen MR) is 99.7 cm³/mol. The summed E-state index contributed by atoms with van der Waals surface area (Å²) in [5, 5.41) is 11.3. The van der Waals surface area contributed by atoms with Crippen LogP contribution < -0.4 is 5.32 Å². The van der Waals surface area contributed by atoms with Crippen molar-refractivity contribution in [3.63, 3.8) is 0 Å². The van der Waals surface area contributed by atoms with Gasteiger partial charge in [0.15, 0.2) is 0 Å². The van der Waals surface area contributed by atoms with E-state index < -0.39 is 0 Å². The number of carbonyl (C=O) groups excluding carboxylic acids is 1. The lowest BCUT2D eigenvalue weighted by molar-refractivity contribution is -0.121. The first-order valence-electron chi connectivity index (χ1n) is 8.73. The number of aryl methyl sites for hydroxylation is 1. The van der Waals surface area contributed by atoms with Crippen LogP contribution in [0.1, 0.15) is 36.9 Å². The molecule has 2 aromatic heterocycles. The molecule has 0 fully saturated rings. The lowest BCUT2D eigenvalue weighted by Gasteiger charge is -2.27. The van der Waals surface area contributed by atoms with Crippen molar-refractivity contribution in [1.82, 2.24) is 20.5 Å². The fourth-order valence-corrected chi connectivity index (χ4v) is 3.92. The van der Waals surface area contributed by atoms with Gasteiger partial charge in [-0.15, -0.1) is 10.2 Å². The Balaban J connectivity index is 1.40. The molecule has 3 aromatic rings. The normalized spacial score (nSPS) is 17.5. The summed E-state index contributed by atoms with van der Waals surface area (Å²) in [6, 6.07) is 12.1. The van der Waals surface area contributed by atoms with E-state index in [-0.39, 0.29) is 17.2 Å². The van der Waals surface area contributed by atoms with Gasteiger partial charge in [-0.2, -0.15) is 0 Å². The number of aromatic nitrogens is 3. The van der Waals surface area contributed by atoms with Gasteiger partial charge in [-0.1, -0.05) is 36.0 Å². The number of hydrogen-bond acceptors (Lipinski definition) is 5. The Kier molecular flexibility index (Phi) is 4.79. The number of rotatable bonds is 5. The number of nitrogens with one attached hydrogen (secondary N) is 2. The second-order valence-electron chi connectivity index (χ2n) is 6.37. The fourth-order valence-electron chi connectivity index (χ4n) is 3.23. The minimum Gasteiger partial charge on any atom is -0.410 e. The Labute approximate surface area is 155 Å². The van der Waals surface area contributed by atoms with E-state index in [0.29, 0.717) is 11.1 Å². The molecule has 1 aliphatic rings. The van der Waals surface area contributed by atoms with Crippen LogP contribution in [-0.2, 0) is 11.2 Å². The van der Waals surface area contributed by atoms with Gasteiger partial charge < -0.3 is 14.7 Å². The van der Waals surface area contributed by atoms with Gasteiger partial charge in [-0.05, 0) is 49.4 Å². The number of thioether (sulfide) groups is 1. The van der Waals surface area contributed by atoms with E-state index in [1.54, 1.807) is 6.20 Å². The number of H-pyrrole nitrogens is 1. The maximum atomic E-state index is 12.6. The van der Waals surface area contributed by atoms with Gasteiger partial charge in [0.05, 0.1) is 11.3 Å². The Bertz CT molecular complexity index is 891. The smallest absolute Gasteiger partial charge is 0.277 e. The molecule has 6 nitrogen and oxygen atoms in total. The van der Waals surface area contributed by atoms with Crippen LogP contribution in [0, 0.1) is 0 Å². The van der Waals surface area contributed by atoms with E-state index in [1.165, 1.54) is 22.9 Å². The highest BCUT2D eigenvalue weighted by atomic mass is 32.2. The van der Waals surface area contributed by atoms with Gasteiger partial charge in [-0.25, -0.2) is 0 Å². The molecule has 2 unspecified atom stereocenters. The lowest BCUT2D eigenvalue weighted by atomic mass is 9.88. The number of fused-ring (bicyclic) bond motifs is 1. The van der Waals surface area contributed by atoms with Crippen molar-refractivity contribution in [1.29, 1.82) is 0 Å². The van der Waals surface area contributed by atoms with E-state index in [0.717, 1.165) is 25.0 Å². The third kappa shape index (κ3) is 3.53. The Morgan fingerprint density at radius 2 is 2.19 bits per heavy atom. The van der Waals surface area contributed by atoms with Crippen molar-refractivity contribution in [3.05, 3.63) is 53.7 Å². The maximum Gasteiger partial charge on any atom is 0.277 e. The zero-order valence-corrected chi connectivity index (χ0v) is 15.3. The number of nitrogens with zero attached hydrogens (tertiary/aromatic N) is 2. The molecule has 7 heteroatoms. The second kappa shape index (κ2) is 7.37. The molecule has 26 heavy (non-hydrogen) atoms. The molecule has 4 rings (SSSR count). The summed E-state index contributed by atoms with van der Waals surface area (Å²) in [6.07, 6.45) is 4.94. The molecule has 2 N–H and O–H groups in total. The van der Waals surface area contributed by atoms with Gasteiger partial charge in [0.2, 0.25) is 5.91 Å². The van der Waals surface area contributed by atoms with E-state index in [2.05, 4.69) is 38.7 Å². The van der Waals surface area contributed by atoms with Crippen molar-refractivity contribution < 1.29 is 9.21 Å². The van der Waals surface area contributed by atoms with Crippen molar-refractivity contribution >= 4 is 17.7 Å². The second-order valence-corrected chi connectivity index (χ2v) is 7.66. The first-order valence-corrected chi connectivity index (χ1v) is 9.61. The number of carbonyl (C=O) groups is 1. The topological polar surface area (TPSA) is 83.8 Å². The third-order valence-corrected chi connectivity index (χ3v) is 5.50. The summed E-state index contributed by atoms with van der Waals surface area (Å²) < 4.78 is 5.62. The summed E-state index contributed by atoms with van der Waals surface area (Å²) in [5.74, 6) is 0.405. The van der Waals surface area contributed by atoms with Gasteiger partial charge >= 0.3 is 0 Å². The van der Waals surface area contributed by atoms with Crippen molar-refractivity contribution in [3.8, 4) is 11.6 Å². The minimum atomic E-state index is -0.318. The third-order valence-electron chi connectivity index (χ3n) is 4.57. The molecule has 0 saturated heterocycles. The summed E-state index contributed by atoms with van der Waals surface area (Å²) >= 11 is 1.27. The molecular formula is C19H20N4O2S. The van der Waals surface area contributed by atoms with E-state index >= 15 is 0 Å². The van der Waals surface area contributed by atoms with Crippen molar-refractivity contribution in [2.45, 2.75) is 42.7 Å². The lowest BCUT2D eigenvalue weighted by Crippen LogP contribution is -2.35. The largest absolute Gasteiger partial charge is 0.410 e. The molecule has 2 heterocycles. The molecule has 0 aliphatic heterocycles. The number of benzene rings is 1. The van der Waals surface area contributed by atoms with Crippen LogP contribution in [0.4, 0.5) is 0 Å². The van der Waals surface area contributed by atoms with E-state index in [4.69, 9.17) is 4.42 Å². The Hall–Kier alpha value is -2.54. The molecule has 134 valence electrons. The number of amides is 1. The Morgan fingerprint density at radius 1 is 1.31 bits per heavy atom. The average molecular weight is 368 g/mol. The van der Waals surface area contributed by atoms with Gasteiger partial charge in [0.1, 0.15) is 5.69 Å². The van der Waals surface area contributed by atoms with Crippen LogP contribution >= 0.6 is 11.8 Å². The molecule has 1 aliphatic carbocycles. The van der Waals surface area contributed by atoms with Gasteiger partial charge in [-0.3, -0.25) is 4.79 Å². The number of aromatic amines is 1. The molecule has 2 atom stereocenters. The molecule has 1 aromatic carbocycles. The molecule has 1 amide bonds. The van der Waals surface area contributed by atoms with Gasteiger partial charge in [0.25, 0.3) is 11.1 Å². The fraction of sp³-hybridized carbons (Fsp3) is 0.316. The molecule has 0 saturated carbocycles. The highest BCUT2D eigenvalue weighted by molar-refractivity contribution is 8.00. The summed E-state index contributed by atoms with van der Waals surface area (Å²) in [5.41, 5.74) is 3.33. The van der Waals surface area contributed by atoms with Crippen molar-refractivity contribution in [2.24, 2.45) is 0 Å². The highest BCUT2D eigenvalue weighted by Crippen LogP contribution is 2.31. The standard InChI is InChI=1S/C19H20N4O2S/c1-12(26-19-23-22-18(25-19)16-10-5-11-20-16)17(24)21-15-9-4-7-13-6-2-3-8-14(13)15/h2-3,5-6,8,10-12,15,20H,4,7,9H2,1H3,(H,21,24). The maximum absolute atomic E-state index is 12.6. The molecule has 0 radical (unpaired) electrons. The minimum absolute atomic E-state index is 0.0173. The zero-order valence-electron chi connectivity index (χ0n) is 14.4. The number of hydrogen-bond donors (Lipinski definition) is 2. The highest BCUT2D eigenvalue weighted by Gasteiger charge is 2.25. The molecular weight excluding hydrogens is 348 g/mol. The summed E-state index contributed by atoms with van der Waals surface area (Å²) in [7, 11) is 0. The zero-order chi connectivity index (χ0) is 17.9. The van der Waals surface area contributed by atoms with Crippen LogP contribution in [0.15, 0.2) is 52.2 Å². The monoisotopic (exact) mass is 368 g/mol. The Morgan fingerprint density at radius 3 is 3.04 bits per heavy atom. The summed E-state index contributed by atoms with van der Waals surface area (Å²) in [4.78, 5) is 15.7. The van der Waals surface area contributed by atoms with E-state index in [1.807, 2.05) is 25.1 Å². The first-order chi connectivity index (χ1) is 12.7. The first kappa shape index (κ1) is 16.9. The molecule has 0 bridgehead atoms. The van der Waals surface area contributed by atoms with Crippen LogP contribution in [0.2, 0.25) is 0 Å². The quantitative estimate of drug-likeness (QED) is 0.670. The molecule has 0 spiro atoms. The van der Waals surface area contributed by atoms with Crippen LogP contribution in [0.25, 0.3) is 11.6 Å². The van der Waals surface area contributed by atoms with Crippen LogP contribution in [0.5, 0.6) is 0 Å². The van der Waals surface area contributed by atoms with Gasteiger partial charge in [0, 0.05) is 6.20 Å². The van der Waals surface area contributed by atoms with Crippen LogP contribution in [-0.4, -0.2) is 26.3 Å². The SMILES string of the molecule is CC(Sc1nnc(-c2ccc[nH]2)o1)C(=O)NC1CCCc2ccccc21. The van der Waals surface area contributed by atoms with Crippen molar-refractivity contribution in [2.75, 3.05) is 0 Å².